The first-order valence-electron chi connectivity index (χ1n) is 12.1. The highest BCUT2D eigenvalue weighted by Gasteiger charge is 2.32. The van der Waals surface area contributed by atoms with Crippen LogP contribution in [0.3, 0.4) is 0 Å². The Hall–Kier alpha value is -1.64. The van der Waals surface area contributed by atoms with Gasteiger partial charge in [0.1, 0.15) is 5.75 Å². The zero-order chi connectivity index (χ0) is 23.0. The lowest BCUT2D eigenvalue weighted by molar-refractivity contribution is -0.126. The first-order valence-corrected chi connectivity index (χ1v) is 13.6. The highest BCUT2D eigenvalue weighted by molar-refractivity contribution is 7.89. The summed E-state index contributed by atoms with van der Waals surface area (Å²) in [5.74, 6) is 1.42. The molecule has 0 aromatic heterocycles. The van der Waals surface area contributed by atoms with Crippen molar-refractivity contribution in [3.8, 4) is 5.75 Å². The van der Waals surface area contributed by atoms with E-state index >= 15 is 0 Å². The molecule has 1 N–H and O–H groups in total. The molecule has 7 nitrogen and oxygen atoms in total. The minimum absolute atomic E-state index is 0.0645. The van der Waals surface area contributed by atoms with Crippen LogP contribution in [0.15, 0.2) is 29.2 Å². The van der Waals surface area contributed by atoms with Crippen molar-refractivity contribution >= 4 is 15.9 Å². The van der Waals surface area contributed by atoms with E-state index in [4.69, 9.17) is 4.74 Å². The lowest BCUT2D eigenvalue weighted by atomic mass is 9.97. The summed E-state index contributed by atoms with van der Waals surface area (Å²) in [6, 6.07) is 6.54. The summed E-state index contributed by atoms with van der Waals surface area (Å²) in [7, 11) is -3.54. The molecular weight excluding hydrogens is 426 g/mol. The third-order valence-electron chi connectivity index (χ3n) is 6.54. The average Bonchev–Trinajstić information content (AvgIpc) is 2.79. The second-order valence-electron chi connectivity index (χ2n) is 9.13. The van der Waals surface area contributed by atoms with Gasteiger partial charge in [-0.05, 0) is 88.7 Å². The van der Waals surface area contributed by atoms with E-state index in [0.717, 1.165) is 25.3 Å². The number of piperidine rings is 2. The van der Waals surface area contributed by atoms with Gasteiger partial charge in [0.15, 0.2) is 0 Å². The Morgan fingerprint density at radius 1 is 1.09 bits per heavy atom. The van der Waals surface area contributed by atoms with Crippen LogP contribution in [0.25, 0.3) is 0 Å². The second kappa shape index (κ2) is 12.0. The van der Waals surface area contributed by atoms with Gasteiger partial charge in [-0.3, -0.25) is 4.79 Å². The minimum Gasteiger partial charge on any atom is -0.494 e. The number of ether oxygens (including phenoxy) is 1. The van der Waals surface area contributed by atoms with Crippen LogP contribution in [0.1, 0.15) is 52.4 Å². The van der Waals surface area contributed by atoms with Crippen molar-refractivity contribution in [1.29, 1.82) is 0 Å². The molecule has 1 aromatic carbocycles. The Balaban J connectivity index is 1.36. The molecular formula is C24H39N3O4S. The van der Waals surface area contributed by atoms with Crippen molar-refractivity contribution in [3.63, 3.8) is 0 Å². The van der Waals surface area contributed by atoms with Gasteiger partial charge in [0.05, 0.1) is 11.5 Å². The van der Waals surface area contributed by atoms with Crippen molar-refractivity contribution in [2.75, 3.05) is 45.9 Å². The summed E-state index contributed by atoms with van der Waals surface area (Å²) >= 11 is 0. The molecule has 1 amide bonds. The predicted octanol–water partition coefficient (Wildman–Crippen LogP) is 3.11. The first-order chi connectivity index (χ1) is 15.4. The van der Waals surface area contributed by atoms with Crippen molar-refractivity contribution in [1.82, 2.24) is 14.5 Å². The number of likely N-dealkylation sites (tertiary alicyclic amines) is 1. The van der Waals surface area contributed by atoms with Crippen LogP contribution in [0, 0.1) is 11.8 Å². The van der Waals surface area contributed by atoms with E-state index in [9.17, 15) is 13.2 Å². The van der Waals surface area contributed by atoms with Gasteiger partial charge in [-0.15, -0.1) is 0 Å². The summed E-state index contributed by atoms with van der Waals surface area (Å²) in [6.45, 7) is 9.72. The van der Waals surface area contributed by atoms with Gasteiger partial charge in [-0.25, -0.2) is 8.42 Å². The molecule has 180 valence electrons. The average molecular weight is 466 g/mol. The Kier molecular flexibility index (Phi) is 9.37. The second-order valence-corrected chi connectivity index (χ2v) is 11.1. The van der Waals surface area contributed by atoms with Crippen LogP contribution in [0.2, 0.25) is 0 Å². The van der Waals surface area contributed by atoms with E-state index in [-0.39, 0.29) is 16.7 Å². The molecule has 0 aliphatic carbocycles. The third kappa shape index (κ3) is 6.93. The van der Waals surface area contributed by atoms with E-state index in [1.165, 1.54) is 30.2 Å². The van der Waals surface area contributed by atoms with Gasteiger partial charge < -0.3 is 15.0 Å². The molecule has 1 unspecified atom stereocenters. The number of hydrogen-bond donors (Lipinski definition) is 1. The van der Waals surface area contributed by atoms with Crippen LogP contribution in [0.5, 0.6) is 5.75 Å². The molecule has 2 aliphatic heterocycles. The molecule has 2 saturated heterocycles. The monoisotopic (exact) mass is 465 g/mol. The maximum absolute atomic E-state index is 12.9. The molecule has 2 aliphatic rings. The maximum atomic E-state index is 12.9. The van der Waals surface area contributed by atoms with Crippen LogP contribution in [0.4, 0.5) is 0 Å². The fourth-order valence-electron chi connectivity index (χ4n) is 4.69. The van der Waals surface area contributed by atoms with Crippen molar-refractivity contribution in [3.05, 3.63) is 24.3 Å². The lowest BCUT2D eigenvalue weighted by Gasteiger charge is -2.31. The zero-order valence-electron chi connectivity index (χ0n) is 19.6. The summed E-state index contributed by atoms with van der Waals surface area (Å²) in [5.41, 5.74) is 0. The molecule has 3 rings (SSSR count). The minimum atomic E-state index is -3.54. The number of benzene rings is 1. The van der Waals surface area contributed by atoms with E-state index in [0.29, 0.717) is 44.8 Å². The SMILES string of the molecule is CCOc1ccc(S(=O)(=O)N2CCC(C(=O)NCCCCN3CCCC(C)C3)CC2)cc1. The Labute approximate surface area is 193 Å². The zero-order valence-corrected chi connectivity index (χ0v) is 20.4. The Morgan fingerprint density at radius 3 is 2.47 bits per heavy atom. The number of nitrogens with one attached hydrogen (secondary N) is 1. The predicted molar refractivity (Wildman–Crippen MR) is 126 cm³/mol. The van der Waals surface area contributed by atoms with E-state index < -0.39 is 10.0 Å². The smallest absolute Gasteiger partial charge is 0.243 e. The largest absolute Gasteiger partial charge is 0.494 e. The standard InChI is InChI=1S/C24H39N3O4S/c1-3-31-22-8-10-23(11-9-22)32(29,30)27-17-12-21(13-18-27)24(28)25-14-4-5-15-26-16-6-7-20(2)19-26/h8-11,20-21H,3-7,12-19H2,1-2H3,(H,25,28). The lowest BCUT2D eigenvalue weighted by Crippen LogP contribution is -2.43. The van der Waals surface area contributed by atoms with Crippen LogP contribution in [-0.2, 0) is 14.8 Å². The van der Waals surface area contributed by atoms with E-state index in [1.807, 2.05) is 6.92 Å². The molecule has 0 saturated carbocycles. The van der Waals surface area contributed by atoms with Gasteiger partial charge in [-0.2, -0.15) is 4.31 Å². The number of rotatable bonds is 10. The fraction of sp³-hybridized carbons (Fsp3) is 0.708. The molecule has 32 heavy (non-hydrogen) atoms. The van der Waals surface area contributed by atoms with Gasteiger partial charge in [0.25, 0.3) is 0 Å². The number of carbonyl (C=O) groups excluding carboxylic acids is 1. The van der Waals surface area contributed by atoms with Gasteiger partial charge >= 0.3 is 0 Å². The summed E-state index contributed by atoms with van der Waals surface area (Å²) in [4.78, 5) is 15.3. The molecule has 8 heteroatoms. The topological polar surface area (TPSA) is 79.0 Å². The Bertz CT molecular complexity index is 820. The molecule has 1 atom stereocenters. The number of hydrogen-bond acceptors (Lipinski definition) is 5. The third-order valence-corrected chi connectivity index (χ3v) is 8.45. The highest BCUT2D eigenvalue weighted by atomic mass is 32.2. The fourth-order valence-corrected chi connectivity index (χ4v) is 6.16. The number of sulfonamides is 1. The number of amides is 1. The van der Waals surface area contributed by atoms with Gasteiger partial charge in [0.2, 0.25) is 15.9 Å². The number of nitrogens with zero attached hydrogens (tertiary/aromatic N) is 2. The number of unbranched alkanes of at least 4 members (excludes halogenated alkanes) is 1. The maximum Gasteiger partial charge on any atom is 0.243 e. The van der Waals surface area contributed by atoms with Crippen molar-refractivity contribution in [2.45, 2.75) is 57.3 Å². The molecule has 1 aromatic rings. The van der Waals surface area contributed by atoms with E-state index in [1.54, 1.807) is 24.3 Å². The summed E-state index contributed by atoms with van der Waals surface area (Å²) in [6.07, 6.45) is 5.85. The Morgan fingerprint density at radius 2 is 1.81 bits per heavy atom. The molecule has 0 radical (unpaired) electrons. The van der Waals surface area contributed by atoms with Crippen LogP contribution >= 0.6 is 0 Å². The summed E-state index contributed by atoms with van der Waals surface area (Å²) < 4.78 is 32.7. The molecule has 0 bridgehead atoms. The van der Waals surface area contributed by atoms with Crippen molar-refractivity contribution in [2.24, 2.45) is 11.8 Å². The first kappa shape index (κ1) is 25.0. The van der Waals surface area contributed by atoms with Crippen LogP contribution in [-0.4, -0.2) is 69.4 Å². The van der Waals surface area contributed by atoms with E-state index in [2.05, 4.69) is 17.1 Å². The normalized spacial score (nSPS) is 21.4. The molecule has 2 heterocycles. The summed E-state index contributed by atoms with van der Waals surface area (Å²) in [5, 5.41) is 3.06. The molecule has 2 fully saturated rings. The quantitative estimate of drug-likeness (QED) is 0.537. The highest BCUT2D eigenvalue weighted by Crippen LogP contribution is 2.25. The van der Waals surface area contributed by atoms with Crippen LogP contribution < -0.4 is 10.1 Å². The molecule has 0 spiro atoms. The van der Waals surface area contributed by atoms with Gasteiger partial charge in [0, 0.05) is 32.1 Å². The number of carbonyl (C=O) groups is 1. The van der Waals surface area contributed by atoms with Gasteiger partial charge in [-0.1, -0.05) is 6.92 Å². The van der Waals surface area contributed by atoms with Crippen molar-refractivity contribution < 1.29 is 17.9 Å².